The number of amides is 1. The number of hydrogen-bond donors (Lipinski definition) is 2. The number of halogens is 2. The average Bonchev–Trinajstić information content (AvgIpc) is 3.21. The molecule has 2 aromatic carbocycles. The van der Waals surface area contributed by atoms with E-state index < -0.39 is 0 Å². The third-order valence-corrected chi connectivity index (χ3v) is 6.54. The summed E-state index contributed by atoms with van der Waals surface area (Å²) in [5.74, 6) is 0.531. The SMILES string of the molecule is COc1ccc(Cl)cc1NC1NC(=O)/C(=C/c2cc(C)n(-c3ccc(Cl)cc3)c2C)S1. The molecule has 0 bridgehead atoms. The predicted octanol–water partition coefficient (Wildman–Crippen LogP) is 6.01. The summed E-state index contributed by atoms with van der Waals surface area (Å²) < 4.78 is 7.52. The van der Waals surface area contributed by atoms with Crippen LogP contribution in [0.5, 0.6) is 5.75 Å². The summed E-state index contributed by atoms with van der Waals surface area (Å²) in [6, 6.07) is 15.1. The predicted molar refractivity (Wildman–Crippen MR) is 129 cm³/mol. The quantitative estimate of drug-likeness (QED) is 0.445. The Hall–Kier alpha value is -2.54. The first-order valence-corrected chi connectivity index (χ1v) is 11.2. The Morgan fingerprint density at radius 3 is 2.52 bits per heavy atom. The van der Waals surface area contributed by atoms with Crippen LogP contribution in [0.25, 0.3) is 11.8 Å². The number of benzene rings is 2. The molecular formula is C23H21Cl2N3O2S. The number of nitrogens with zero attached hydrogens (tertiary/aromatic N) is 1. The Morgan fingerprint density at radius 1 is 1.10 bits per heavy atom. The van der Waals surface area contributed by atoms with Crippen LogP contribution < -0.4 is 15.4 Å². The molecule has 4 rings (SSSR count). The van der Waals surface area contributed by atoms with Crippen LogP contribution in [-0.2, 0) is 4.79 Å². The van der Waals surface area contributed by atoms with E-state index in [0.717, 1.165) is 28.3 Å². The molecule has 160 valence electrons. The summed E-state index contributed by atoms with van der Waals surface area (Å²) in [5.41, 5.74) is 4.54. The van der Waals surface area contributed by atoms with E-state index in [9.17, 15) is 4.79 Å². The number of carbonyl (C=O) groups is 1. The summed E-state index contributed by atoms with van der Waals surface area (Å²) in [6.07, 6.45) is 1.92. The largest absolute Gasteiger partial charge is 0.495 e. The lowest BCUT2D eigenvalue weighted by Crippen LogP contribution is -2.31. The Kier molecular flexibility index (Phi) is 6.23. The van der Waals surface area contributed by atoms with Crippen molar-refractivity contribution in [2.75, 3.05) is 12.4 Å². The van der Waals surface area contributed by atoms with Gasteiger partial charge in [0.25, 0.3) is 5.91 Å². The highest BCUT2D eigenvalue weighted by atomic mass is 35.5. The molecular weight excluding hydrogens is 453 g/mol. The van der Waals surface area contributed by atoms with Gasteiger partial charge in [0.2, 0.25) is 0 Å². The second-order valence-electron chi connectivity index (χ2n) is 7.11. The van der Waals surface area contributed by atoms with Crippen molar-refractivity contribution in [1.82, 2.24) is 9.88 Å². The van der Waals surface area contributed by atoms with Gasteiger partial charge >= 0.3 is 0 Å². The molecule has 0 spiro atoms. The van der Waals surface area contributed by atoms with Gasteiger partial charge in [-0.15, -0.1) is 0 Å². The molecule has 1 aliphatic heterocycles. The van der Waals surface area contributed by atoms with E-state index in [0.29, 0.717) is 20.7 Å². The highest BCUT2D eigenvalue weighted by Crippen LogP contribution is 2.35. The molecule has 1 aliphatic rings. The molecule has 1 amide bonds. The number of aromatic nitrogens is 1. The lowest BCUT2D eigenvalue weighted by Gasteiger charge is -2.15. The molecule has 3 aromatic rings. The molecule has 2 N–H and O–H groups in total. The van der Waals surface area contributed by atoms with E-state index in [1.54, 1.807) is 25.3 Å². The molecule has 1 aromatic heterocycles. The maximum atomic E-state index is 12.6. The van der Waals surface area contributed by atoms with Crippen LogP contribution in [0.15, 0.2) is 53.4 Å². The van der Waals surface area contributed by atoms with Gasteiger partial charge in [-0.3, -0.25) is 4.79 Å². The second-order valence-corrected chi connectivity index (χ2v) is 9.13. The molecule has 5 nitrogen and oxygen atoms in total. The molecule has 1 unspecified atom stereocenters. The van der Waals surface area contributed by atoms with Gasteiger partial charge in [-0.1, -0.05) is 35.0 Å². The van der Waals surface area contributed by atoms with Crippen LogP contribution in [0, 0.1) is 13.8 Å². The molecule has 31 heavy (non-hydrogen) atoms. The minimum Gasteiger partial charge on any atom is -0.495 e. The number of thioether (sulfide) groups is 1. The van der Waals surface area contributed by atoms with Crippen molar-refractivity contribution in [1.29, 1.82) is 0 Å². The van der Waals surface area contributed by atoms with Crippen molar-refractivity contribution in [2.45, 2.75) is 19.3 Å². The highest BCUT2D eigenvalue weighted by molar-refractivity contribution is 8.05. The maximum absolute atomic E-state index is 12.6. The van der Waals surface area contributed by atoms with Gasteiger partial charge in [0.1, 0.15) is 5.75 Å². The molecule has 1 atom stereocenters. The summed E-state index contributed by atoms with van der Waals surface area (Å²) in [5, 5.41) is 7.50. The van der Waals surface area contributed by atoms with Gasteiger partial charge < -0.3 is 19.9 Å². The standard InChI is InChI=1S/C23H21Cl2N3O2S/c1-13-10-15(14(2)28(13)18-7-4-16(24)5-8-18)11-21-22(29)27-23(31-21)26-19-12-17(25)6-9-20(19)30-3/h4-12,23,26H,1-3H3,(H,27,29)/b21-11-. The minimum atomic E-state index is -0.328. The minimum absolute atomic E-state index is 0.125. The smallest absolute Gasteiger partial charge is 0.260 e. The number of nitrogens with one attached hydrogen (secondary N) is 2. The first-order valence-electron chi connectivity index (χ1n) is 9.60. The van der Waals surface area contributed by atoms with Crippen molar-refractivity contribution < 1.29 is 9.53 Å². The normalized spacial score (nSPS) is 17.1. The van der Waals surface area contributed by atoms with E-state index in [-0.39, 0.29) is 11.4 Å². The fraction of sp³-hybridized carbons (Fsp3) is 0.174. The van der Waals surface area contributed by atoms with Crippen molar-refractivity contribution in [3.05, 3.63) is 80.4 Å². The molecule has 1 saturated heterocycles. The lowest BCUT2D eigenvalue weighted by molar-refractivity contribution is -0.116. The van der Waals surface area contributed by atoms with Crippen molar-refractivity contribution in [3.8, 4) is 11.4 Å². The van der Waals surface area contributed by atoms with Crippen LogP contribution in [0.3, 0.4) is 0 Å². The first kappa shape index (κ1) is 21.7. The Morgan fingerprint density at radius 2 is 1.81 bits per heavy atom. The van der Waals surface area contributed by atoms with Crippen molar-refractivity contribution in [2.24, 2.45) is 0 Å². The number of hydrogen-bond acceptors (Lipinski definition) is 4. The Labute approximate surface area is 195 Å². The lowest BCUT2D eigenvalue weighted by atomic mass is 10.2. The van der Waals surface area contributed by atoms with E-state index in [1.807, 2.05) is 44.2 Å². The van der Waals surface area contributed by atoms with E-state index in [2.05, 4.69) is 21.3 Å². The van der Waals surface area contributed by atoms with Crippen LogP contribution in [0.2, 0.25) is 10.0 Å². The highest BCUT2D eigenvalue weighted by Gasteiger charge is 2.28. The van der Waals surface area contributed by atoms with Crippen LogP contribution in [0.1, 0.15) is 17.0 Å². The third kappa shape index (κ3) is 4.56. The number of anilines is 1. The van der Waals surface area contributed by atoms with Gasteiger partial charge in [0.15, 0.2) is 5.50 Å². The fourth-order valence-corrected chi connectivity index (χ4v) is 4.83. The third-order valence-electron chi connectivity index (χ3n) is 5.02. The molecule has 1 fully saturated rings. The van der Waals surface area contributed by atoms with E-state index in [1.165, 1.54) is 11.8 Å². The monoisotopic (exact) mass is 473 g/mol. The maximum Gasteiger partial charge on any atom is 0.260 e. The van der Waals surface area contributed by atoms with Gasteiger partial charge in [-0.05, 0) is 74.0 Å². The van der Waals surface area contributed by atoms with E-state index >= 15 is 0 Å². The molecule has 0 aliphatic carbocycles. The summed E-state index contributed by atoms with van der Waals surface area (Å²) in [4.78, 5) is 13.2. The van der Waals surface area contributed by atoms with Crippen LogP contribution >= 0.6 is 35.0 Å². The second kappa shape index (κ2) is 8.91. The zero-order chi connectivity index (χ0) is 22.1. The molecule has 2 heterocycles. The van der Waals surface area contributed by atoms with Crippen molar-refractivity contribution >= 4 is 52.6 Å². The molecule has 0 saturated carbocycles. The molecule has 8 heteroatoms. The van der Waals surface area contributed by atoms with Gasteiger partial charge in [-0.2, -0.15) is 0 Å². The fourth-order valence-electron chi connectivity index (χ4n) is 3.56. The zero-order valence-corrected chi connectivity index (χ0v) is 19.5. The number of methoxy groups -OCH3 is 1. The molecule has 0 radical (unpaired) electrons. The summed E-state index contributed by atoms with van der Waals surface area (Å²) >= 11 is 13.6. The Balaban J connectivity index is 1.58. The number of carbonyl (C=O) groups excluding carboxylic acids is 1. The van der Waals surface area contributed by atoms with Gasteiger partial charge in [0.05, 0.1) is 17.7 Å². The summed E-state index contributed by atoms with van der Waals surface area (Å²) in [6.45, 7) is 4.08. The van der Waals surface area contributed by atoms with Gasteiger partial charge in [-0.25, -0.2) is 0 Å². The first-order chi connectivity index (χ1) is 14.9. The number of rotatable bonds is 5. The number of aryl methyl sites for hydroxylation is 1. The van der Waals surface area contributed by atoms with Crippen molar-refractivity contribution in [3.63, 3.8) is 0 Å². The van der Waals surface area contributed by atoms with Gasteiger partial charge in [0, 0.05) is 27.1 Å². The number of ether oxygens (including phenoxy) is 1. The summed E-state index contributed by atoms with van der Waals surface area (Å²) in [7, 11) is 1.59. The van der Waals surface area contributed by atoms with Crippen LogP contribution in [0.4, 0.5) is 5.69 Å². The Bertz CT molecular complexity index is 1170. The topological polar surface area (TPSA) is 55.3 Å². The van der Waals surface area contributed by atoms with E-state index in [4.69, 9.17) is 27.9 Å². The zero-order valence-electron chi connectivity index (χ0n) is 17.2. The van der Waals surface area contributed by atoms with Crippen LogP contribution in [-0.4, -0.2) is 23.1 Å². The average molecular weight is 474 g/mol.